The summed E-state index contributed by atoms with van der Waals surface area (Å²) in [4.78, 5) is 12.3. The van der Waals surface area contributed by atoms with Gasteiger partial charge in [0.25, 0.3) is 5.91 Å². The average molecular weight is 392 g/mol. The summed E-state index contributed by atoms with van der Waals surface area (Å²) < 4.78 is 43.9. The van der Waals surface area contributed by atoms with Gasteiger partial charge >= 0.3 is 0 Å². The highest BCUT2D eigenvalue weighted by molar-refractivity contribution is 7.92. The van der Waals surface area contributed by atoms with Crippen LogP contribution in [0.1, 0.15) is 22.3 Å². The standard InChI is InChI=1S/C19H21FN2O4S/c1-27(24,25)22-11-4-5-14-13-15(8-9-17(14)22)19(23)21-10-12-26-18-7-3-2-6-16(18)20/h2-3,6-9,13H,4-5,10-12H2,1H3,(H,21,23). The second-order valence-corrected chi connectivity index (χ2v) is 8.22. The van der Waals surface area contributed by atoms with Crippen molar-refractivity contribution >= 4 is 21.6 Å². The van der Waals surface area contributed by atoms with Crippen LogP contribution in [0.15, 0.2) is 42.5 Å². The van der Waals surface area contributed by atoms with Crippen molar-refractivity contribution in [1.29, 1.82) is 0 Å². The molecule has 0 unspecified atom stereocenters. The molecule has 6 nitrogen and oxygen atoms in total. The van der Waals surface area contributed by atoms with Gasteiger partial charge < -0.3 is 10.1 Å². The van der Waals surface area contributed by atoms with Crippen molar-refractivity contribution < 1.29 is 22.3 Å². The molecule has 0 fully saturated rings. The van der Waals surface area contributed by atoms with Gasteiger partial charge in [-0.25, -0.2) is 12.8 Å². The molecule has 27 heavy (non-hydrogen) atoms. The smallest absolute Gasteiger partial charge is 0.251 e. The largest absolute Gasteiger partial charge is 0.489 e. The van der Waals surface area contributed by atoms with Crippen molar-refractivity contribution in [1.82, 2.24) is 5.32 Å². The van der Waals surface area contributed by atoms with Crippen molar-refractivity contribution in [3.63, 3.8) is 0 Å². The number of rotatable bonds is 6. The van der Waals surface area contributed by atoms with E-state index >= 15 is 0 Å². The van der Waals surface area contributed by atoms with Crippen LogP contribution in [-0.4, -0.2) is 40.3 Å². The highest BCUT2D eigenvalue weighted by Crippen LogP contribution is 2.29. The second kappa shape index (κ2) is 7.96. The summed E-state index contributed by atoms with van der Waals surface area (Å²) in [5, 5.41) is 2.72. The van der Waals surface area contributed by atoms with E-state index < -0.39 is 15.8 Å². The fourth-order valence-corrected chi connectivity index (χ4v) is 4.03. The summed E-state index contributed by atoms with van der Waals surface area (Å²) in [6.45, 7) is 0.809. The molecule has 2 aromatic carbocycles. The summed E-state index contributed by atoms with van der Waals surface area (Å²) in [7, 11) is -3.33. The molecule has 0 radical (unpaired) electrons. The maximum atomic E-state index is 13.5. The lowest BCUT2D eigenvalue weighted by Gasteiger charge is -2.29. The van der Waals surface area contributed by atoms with E-state index in [0.29, 0.717) is 24.2 Å². The molecular weight excluding hydrogens is 371 g/mol. The maximum Gasteiger partial charge on any atom is 0.251 e. The first-order valence-electron chi connectivity index (χ1n) is 8.62. The Balaban J connectivity index is 1.60. The van der Waals surface area contributed by atoms with E-state index in [1.807, 2.05) is 0 Å². The van der Waals surface area contributed by atoms with Gasteiger partial charge in [0, 0.05) is 12.1 Å². The topological polar surface area (TPSA) is 75.7 Å². The minimum absolute atomic E-state index is 0.138. The van der Waals surface area contributed by atoms with Gasteiger partial charge in [-0.05, 0) is 48.7 Å². The third-order valence-corrected chi connectivity index (χ3v) is 5.48. The molecule has 2 aromatic rings. The number of amides is 1. The highest BCUT2D eigenvalue weighted by atomic mass is 32.2. The van der Waals surface area contributed by atoms with Crippen LogP contribution >= 0.6 is 0 Å². The quantitative estimate of drug-likeness (QED) is 0.766. The molecular formula is C19H21FN2O4S. The van der Waals surface area contributed by atoms with E-state index in [9.17, 15) is 17.6 Å². The van der Waals surface area contributed by atoms with Gasteiger partial charge in [0.05, 0.1) is 18.5 Å². The van der Waals surface area contributed by atoms with Crippen molar-refractivity contribution in [2.75, 3.05) is 30.3 Å². The van der Waals surface area contributed by atoms with E-state index in [-0.39, 0.29) is 24.8 Å². The Bertz CT molecular complexity index is 946. The van der Waals surface area contributed by atoms with E-state index in [4.69, 9.17) is 4.74 Å². The number of hydrogen-bond acceptors (Lipinski definition) is 4. The number of aryl methyl sites for hydroxylation is 1. The van der Waals surface area contributed by atoms with Gasteiger partial charge in [-0.2, -0.15) is 0 Å². The fraction of sp³-hybridized carbons (Fsp3) is 0.316. The molecule has 0 bridgehead atoms. The monoisotopic (exact) mass is 392 g/mol. The molecule has 144 valence electrons. The van der Waals surface area contributed by atoms with Crippen LogP contribution in [0.5, 0.6) is 5.75 Å². The zero-order valence-electron chi connectivity index (χ0n) is 14.9. The molecule has 0 aromatic heterocycles. The SMILES string of the molecule is CS(=O)(=O)N1CCCc2cc(C(=O)NCCOc3ccccc3F)ccc21. The zero-order valence-corrected chi connectivity index (χ0v) is 15.8. The third-order valence-electron chi connectivity index (χ3n) is 4.30. The second-order valence-electron chi connectivity index (χ2n) is 6.32. The van der Waals surface area contributed by atoms with Crippen LogP contribution in [0.2, 0.25) is 0 Å². The van der Waals surface area contributed by atoms with Crippen LogP contribution < -0.4 is 14.4 Å². The number of ether oxygens (including phenoxy) is 1. The van der Waals surface area contributed by atoms with Crippen LogP contribution in [0.25, 0.3) is 0 Å². The van der Waals surface area contributed by atoms with Gasteiger partial charge in [0.1, 0.15) is 6.61 Å². The Labute approximate surface area is 158 Å². The molecule has 1 aliphatic heterocycles. The number of hydrogen-bond donors (Lipinski definition) is 1. The number of nitrogens with one attached hydrogen (secondary N) is 1. The highest BCUT2D eigenvalue weighted by Gasteiger charge is 2.24. The predicted octanol–water partition coefficient (Wildman–Crippen LogP) is 2.35. The van der Waals surface area contributed by atoms with Gasteiger partial charge in [-0.15, -0.1) is 0 Å². The number of para-hydroxylation sites is 1. The zero-order chi connectivity index (χ0) is 19.4. The Kier molecular flexibility index (Phi) is 5.65. The van der Waals surface area contributed by atoms with Crippen LogP contribution in [-0.2, 0) is 16.4 Å². The fourth-order valence-electron chi connectivity index (χ4n) is 3.04. The number of fused-ring (bicyclic) bond motifs is 1. The Morgan fingerprint density at radius 1 is 1.26 bits per heavy atom. The van der Waals surface area contributed by atoms with E-state index in [1.54, 1.807) is 30.3 Å². The van der Waals surface area contributed by atoms with E-state index in [2.05, 4.69) is 5.32 Å². The predicted molar refractivity (Wildman–Crippen MR) is 101 cm³/mol. The van der Waals surface area contributed by atoms with E-state index in [0.717, 1.165) is 12.0 Å². The molecule has 0 spiro atoms. The van der Waals surface area contributed by atoms with Gasteiger partial charge in [-0.3, -0.25) is 9.10 Å². The summed E-state index contributed by atoms with van der Waals surface area (Å²) in [6.07, 6.45) is 2.61. The first kappa shape index (κ1) is 19.2. The number of carbonyl (C=O) groups is 1. The van der Waals surface area contributed by atoms with Gasteiger partial charge in [0.15, 0.2) is 11.6 Å². The number of benzene rings is 2. The van der Waals surface area contributed by atoms with E-state index in [1.165, 1.54) is 22.7 Å². The lowest BCUT2D eigenvalue weighted by molar-refractivity contribution is 0.0946. The van der Waals surface area contributed by atoms with Gasteiger partial charge in [-0.1, -0.05) is 12.1 Å². The number of sulfonamides is 1. The third kappa shape index (κ3) is 4.57. The first-order valence-corrected chi connectivity index (χ1v) is 10.5. The summed E-state index contributed by atoms with van der Waals surface area (Å²) in [5.41, 5.74) is 1.92. The number of nitrogens with zero attached hydrogens (tertiary/aromatic N) is 1. The molecule has 0 saturated heterocycles. The lowest BCUT2D eigenvalue weighted by Crippen LogP contribution is -2.35. The van der Waals surface area contributed by atoms with Crippen LogP contribution in [0.4, 0.5) is 10.1 Å². The first-order chi connectivity index (χ1) is 12.9. The van der Waals surface area contributed by atoms with Crippen LogP contribution in [0.3, 0.4) is 0 Å². The van der Waals surface area contributed by atoms with Crippen molar-refractivity contribution in [3.8, 4) is 5.75 Å². The maximum absolute atomic E-state index is 13.5. The minimum atomic E-state index is -3.33. The normalized spacial score (nSPS) is 13.8. The van der Waals surface area contributed by atoms with Crippen molar-refractivity contribution in [3.05, 3.63) is 59.4 Å². The lowest BCUT2D eigenvalue weighted by atomic mass is 10.0. The number of halogens is 1. The Morgan fingerprint density at radius 2 is 2.04 bits per heavy atom. The molecule has 3 rings (SSSR count). The minimum Gasteiger partial charge on any atom is -0.489 e. The van der Waals surface area contributed by atoms with Crippen LogP contribution in [0, 0.1) is 5.82 Å². The van der Waals surface area contributed by atoms with Crippen molar-refractivity contribution in [2.24, 2.45) is 0 Å². The van der Waals surface area contributed by atoms with Gasteiger partial charge in [0.2, 0.25) is 10.0 Å². The molecule has 1 amide bonds. The Morgan fingerprint density at radius 3 is 2.78 bits per heavy atom. The summed E-state index contributed by atoms with van der Waals surface area (Å²) in [5.74, 6) is -0.596. The summed E-state index contributed by atoms with van der Waals surface area (Å²) >= 11 is 0. The molecule has 8 heteroatoms. The molecule has 0 saturated carbocycles. The number of anilines is 1. The molecule has 1 N–H and O–H groups in total. The molecule has 0 atom stereocenters. The summed E-state index contributed by atoms with van der Waals surface area (Å²) in [6, 6.07) is 11.1. The Hall–Kier alpha value is -2.61. The molecule has 1 heterocycles. The average Bonchev–Trinajstić information content (AvgIpc) is 2.64. The molecule has 0 aliphatic carbocycles. The molecule has 1 aliphatic rings. The number of carbonyl (C=O) groups excluding carboxylic acids is 1. The van der Waals surface area contributed by atoms with Crippen molar-refractivity contribution in [2.45, 2.75) is 12.8 Å².